The minimum absolute atomic E-state index is 0.0710. The summed E-state index contributed by atoms with van der Waals surface area (Å²) in [5.74, 6) is 0.0710. The van der Waals surface area contributed by atoms with Crippen LogP contribution in [-0.4, -0.2) is 34.9 Å². The molecule has 0 heterocycles. The number of aliphatic hydroxyl groups is 2. The molecule has 0 bridgehead atoms. The predicted molar refractivity (Wildman–Crippen MR) is 64.6 cm³/mol. The summed E-state index contributed by atoms with van der Waals surface area (Å²) in [6, 6.07) is 3.60. The number of ether oxygens (including phenoxy) is 1. The van der Waals surface area contributed by atoms with Crippen LogP contribution in [-0.2, 0) is 0 Å². The maximum atomic E-state index is 10.6. The Morgan fingerprint density at radius 3 is 2.79 bits per heavy atom. The maximum absolute atomic E-state index is 10.6. The maximum Gasteiger partial charge on any atom is 0.273 e. The van der Waals surface area contributed by atoms with Gasteiger partial charge in [0.15, 0.2) is 0 Å². The SMILES string of the molecule is COc1cc([N+](=O)[O-])ccc1C(O)C(O)CN=[N+]=[N-]. The minimum Gasteiger partial charge on any atom is -0.496 e. The van der Waals surface area contributed by atoms with Crippen molar-refractivity contribution in [1.29, 1.82) is 0 Å². The van der Waals surface area contributed by atoms with Gasteiger partial charge < -0.3 is 14.9 Å². The van der Waals surface area contributed by atoms with E-state index in [1.54, 1.807) is 0 Å². The van der Waals surface area contributed by atoms with E-state index in [0.29, 0.717) is 0 Å². The molecule has 0 saturated heterocycles. The van der Waals surface area contributed by atoms with Gasteiger partial charge in [0.05, 0.1) is 30.7 Å². The van der Waals surface area contributed by atoms with Crippen LogP contribution < -0.4 is 4.74 Å². The van der Waals surface area contributed by atoms with E-state index in [0.717, 1.165) is 6.07 Å². The highest BCUT2D eigenvalue weighted by Gasteiger charge is 2.23. The second-order valence-corrected chi connectivity index (χ2v) is 3.61. The topological polar surface area (TPSA) is 142 Å². The van der Waals surface area contributed by atoms with Crippen LogP contribution in [0.25, 0.3) is 10.4 Å². The van der Waals surface area contributed by atoms with E-state index in [9.17, 15) is 20.3 Å². The van der Waals surface area contributed by atoms with E-state index >= 15 is 0 Å². The Hall–Kier alpha value is -2.35. The van der Waals surface area contributed by atoms with Gasteiger partial charge in [-0.25, -0.2) is 0 Å². The van der Waals surface area contributed by atoms with Gasteiger partial charge in [0.25, 0.3) is 5.69 Å². The van der Waals surface area contributed by atoms with E-state index in [-0.39, 0.29) is 23.5 Å². The Morgan fingerprint density at radius 2 is 2.26 bits per heavy atom. The van der Waals surface area contributed by atoms with Crippen molar-refractivity contribution in [3.63, 3.8) is 0 Å². The molecule has 0 radical (unpaired) electrons. The van der Waals surface area contributed by atoms with Crippen LogP contribution in [0.5, 0.6) is 5.75 Å². The van der Waals surface area contributed by atoms with E-state index < -0.39 is 17.1 Å². The van der Waals surface area contributed by atoms with Crippen LogP contribution in [0, 0.1) is 10.1 Å². The molecule has 1 aromatic rings. The van der Waals surface area contributed by atoms with E-state index in [1.165, 1.54) is 19.2 Å². The summed E-state index contributed by atoms with van der Waals surface area (Å²) >= 11 is 0. The van der Waals surface area contributed by atoms with Crippen molar-refractivity contribution in [3.8, 4) is 5.75 Å². The van der Waals surface area contributed by atoms with E-state index in [4.69, 9.17) is 10.3 Å². The van der Waals surface area contributed by atoms with Crippen molar-refractivity contribution in [1.82, 2.24) is 0 Å². The number of hydrogen-bond acceptors (Lipinski definition) is 6. The molecule has 9 nitrogen and oxygen atoms in total. The van der Waals surface area contributed by atoms with Gasteiger partial charge >= 0.3 is 0 Å². The summed E-state index contributed by atoms with van der Waals surface area (Å²) in [5.41, 5.74) is 8.11. The zero-order valence-corrected chi connectivity index (χ0v) is 10.0. The Balaban J connectivity index is 3.05. The van der Waals surface area contributed by atoms with E-state index in [2.05, 4.69) is 10.0 Å². The fourth-order valence-corrected chi connectivity index (χ4v) is 1.49. The monoisotopic (exact) mass is 268 g/mol. The molecule has 0 saturated carbocycles. The Kier molecular flexibility index (Phi) is 5.07. The number of methoxy groups -OCH3 is 1. The molecular formula is C10H12N4O5. The molecule has 0 aliphatic carbocycles. The highest BCUT2D eigenvalue weighted by Crippen LogP contribution is 2.31. The van der Waals surface area contributed by atoms with Crippen LogP contribution in [0.15, 0.2) is 23.3 Å². The first kappa shape index (κ1) is 14.7. The molecule has 0 aliphatic rings. The van der Waals surface area contributed by atoms with Crippen molar-refractivity contribution < 1.29 is 19.9 Å². The van der Waals surface area contributed by atoms with Gasteiger partial charge in [-0.15, -0.1) is 0 Å². The summed E-state index contributed by atoms with van der Waals surface area (Å²) in [4.78, 5) is 12.5. The normalized spacial score (nSPS) is 13.2. The first-order valence-electron chi connectivity index (χ1n) is 5.20. The quantitative estimate of drug-likeness (QED) is 0.263. The lowest BCUT2D eigenvalue weighted by molar-refractivity contribution is -0.385. The number of benzene rings is 1. The average molecular weight is 268 g/mol. The molecule has 0 aromatic heterocycles. The van der Waals surface area contributed by atoms with Gasteiger partial charge in [-0.05, 0) is 11.6 Å². The zero-order chi connectivity index (χ0) is 14.4. The van der Waals surface area contributed by atoms with Gasteiger partial charge in [0.1, 0.15) is 11.9 Å². The molecule has 1 rings (SSSR count). The smallest absolute Gasteiger partial charge is 0.273 e. The molecule has 102 valence electrons. The summed E-state index contributed by atoms with van der Waals surface area (Å²) in [6.45, 7) is -0.322. The molecule has 2 unspecified atom stereocenters. The van der Waals surface area contributed by atoms with Gasteiger partial charge in [-0.2, -0.15) is 0 Å². The number of nitrogens with zero attached hydrogens (tertiary/aromatic N) is 4. The molecule has 0 amide bonds. The minimum atomic E-state index is -1.37. The molecule has 0 aliphatic heterocycles. The zero-order valence-electron chi connectivity index (χ0n) is 10.0. The molecule has 19 heavy (non-hydrogen) atoms. The molecule has 9 heteroatoms. The van der Waals surface area contributed by atoms with Crippen LogP contribution in [0.3, 0.4) is 0 Å². The fraction of sp³-hybridized carbons (Fsp3) is 0.400. The van der Waals surface area contributed by atoms with Crippen LogP contribution in [0.2, 0.25) is 0 Å². The third-order valence-corrected chi connectivity index (χ3v) is 2.44. The molecule has 0 fully saturated rings. The lowest BCUT2D eigenvalue weighted by Gasteiger charge is -2.18. The second kappa shape index (κ2) is 6.55. The number of azide groups is 1. The van der Waals surface area contributed by atoms with Crippen molar-refractivity contribution >= 4 is 5.69 Å². The van der Waals surface area contributed by atoms with Crippen LogP contribution in [0.1, 0.15) is 11.7 Å². The number of nitro benzene ring substituents is 1. The van der Waals surface area contributed by atoms with Crippen molar-refractivity contribution in [2.24, 2.45) is 5.11 Å². The summed E-state index contributed by atoms with van der Waals surface area (Å²) < 4.78 is 4.93. The lowest BCUT2D eigenvalue weighted by Crippen LogP contribution is -2.21. The van der Waals surface area contributed by atoms with Gasteiger partial charge in [0.2, 0.25) is 0 Å². The molecular weight excluding hydrogens is 256 g/mol. The first-order valence-corrected chi connectivity index (χ1v) is 5.20. The molecule has 2 N–H and O–H groups in total. The number of aliphatic hydroxyl groups excluding tert-OH is 2. The highest BCUT2D eigenvalue weighted by atomic mass is 16.6. The van der Waals surface area contributed by atoms with Crippen LogP contribution in [0.4, 0.5) is 5.69 Å². The average Bonchev–Trinajstić information content (AvgIpc) is 2.42. The summed E-state index contributed by atoms with van der Waals surface area (Å²) in [7, 11) is 1.29. The largest absolute Gasteiger partial charge is 0.496 e. The van der Waals surface area contributed by atoms with Crippen molar-refractivity contribution in [3.05, 3.63) is 44.3 Å². The number of non-ortho nitro benzene ring substituents is 1. The van der Waals surface area contributed by atoms with Gasteiger partial charge in [0, 0.05) is 16.5 Å². The molecule has 0 spiro atoms. The predicted octanol–water partition coefficient (Wildman–Crippen LogP) is 1.31. The number of nitro groups is 1. The second-order valence-electron chi connectivity index (χ2n) is 3.61. The summed E-state index contributed by atoms with van der Waals surface area (Å²) in [5, 5.41) is 33.2. The first-order chi connectivity index (χ1) is 9.01. The van der Waals surface area contributed by atoms with E-state index in [1.807, 2.05) is 0 Å². The lowest BCUT2D eigenvalue weighted by atomic mass is 10.0. The third kappa shape index (κ3) is 3.55. The summed E-state index contributed by atoms with van der Waals surface area (Å²) in [6.07, 6.45) is -2.70. The number of hydrogen-bond donors (Lipinski definition) is 2. The van der Waals surface area contributed by atoms with Crippen molar-refractivity contribution in [2.45, 2.75) is 12.2 Å². The standard InChI is InChI=1S/C10H12N4O5/c1-19-9-4-6(14(17)18)2-3-7(9)10(16)8(15)5-12-13-11/h2-4,8,10,15-16H,5H2,1H3. The fourth-order valence-electron chi connectivity index (χ4n) is 1.49. The Bertz CT molecular complexity index is 515. The molecule has 2 atom stereocenters. The van der Waals surface area contributed by atoms with Crippen molar-refractivity contribution in [2.75, 3.05) is 13.7 Å². The van der Waals surface area contributed by atoms with Crippen LogP contribution >= 0.6 is 0 Å². The van der Waals surface area contributed by atoms with Gasteiger partial charge in [-0.1, -0.05) is 5.11 Å². The third-order valence-electron chi connectivity index (χ3n) is 2.44. The Morgan fingerprint density at radius 1 is 1.58 bits per heavy atom. The Labute approximate surface area is 107 Å². The van der Waals surface area contributed by atoms with Gasteiger partial charge in [-0.3, -0.25) is 10.1 Å². The number of rotatable bonds is 6. The molecule has 1 aromatic carbocycles. The highest BCUT2D eigenvalue weighted by molar-refractivity contribution is 5.45.